The second-order valence-electron chi connectivity index (χ2n) is 5.06. The molecule has 21 heavy (non-hydrogen) atoms. The van der Waals surface area contributed by atoms with Crippen LogP contribution in [0, 0.1) is 0 Å². The number of hydrogen-bond acceptors (Lipinski definition) is 4. The van der Waals surface area contributed by atoms with E-state index in [1.807, 2.05) is 18.2 Å². The van der Waals surface area contributed by atoms with Gasteiger partial charge in [0.05, 0.1) is 11.0 Å². The van der Waals surface area contributed by atoms with Crippen molar-refractivity contribution in [3.8, 4) is 0 Å². The molecule has 0 saturated carbocycles. The van der Waals surface area contributed by atoms with E-state index in [9.17, 15) is 8.42 Å². The predicted octanol–water partition coefficient (Wildman–Crippen LogP) is 1.41. The average Bonchev–Trinajstić information content (AvgIpc) is 2.91. The quantitative estimate of drug-likeness (QED) is 0.791. The molecule has 1 atom stereocenters. The molecule has 8 heteroatoms. The van der Waals surface area contributed by atoms with E-state index in [4.69, 9.17) is 0 Å². The van der Waals surface area contributed by atoms with Crippen LogP contribution in [-0.4, -0.2) is 37.5 Å². The third kappa shape index (κ3) is 3.74. The third-order valence-corrected chi connectivity index (χ3v) is 4.80. The SMILES string of the molecule is Cl.O=S(=O)(NCC1CCCCN1)c1nc2ccccc2[nH]1. The maximum atomic E-state index is 12.2. The first kappa shape index (κ1) is 16.2. The second-order valence-corrected chi connectivity index (χ2v) is 6.74. The molecular formula is C13H19ClN4O2S. The highest BCUT2D eigenvalue weighted by Crippen LogP contribution is 2.14. The van der Waals surface area contributed by atoms with Gasteiger partial charge in [0.15, 0.2) is 0 Å². The van der Waals surface area contributed by atoms with Crippen molar-refractivity contribution >= 4 is 33.5 Å². The van der Waals surface area contributed by atoms with Crippen LogP contribution in [0.5, 0.6) is 0 Å². The monoisotopic (exact) mass is 330 g/mol. The van der Waals surface area contributed by atoms with Crippen molar-refractivity contribution in [3.05, 3.63) is 24.3 Å². The lowest BCUT2D eigenvalue weighted by molar-refractivity contribution is 0.398. The van der Waals surface area contributed by atoms with Crippen LogP contribution in [0.1, 0.15) is 19.3 Å². The Bertz CT molecular complexity index is 662. The van der Waals surface area contributed by atoms with Gasteiger partial charge in [-0.15, -0.1) is 12.4 Å². The van der Waals surface area contributed by atoms with E-state index in [1.165, 1.54) is 0 Å². The summed E-state index contributed by atoms with van der Waals surface area (Å²) in [5.74, 6) is 0. The largest absolute Gasteiger partial charge is 0.328 e. The average molecular weight is 331 g/mol. The van der Waals surface area contributed by atoms with E-state index in [1.54, 1.807) is 6.07 Å². The number of sulfonamides is 1. The molecule has 0 bridgehead atoms. The van der Waals surface area contributed by atoms with E-state index in [0.29, 0.717) is 12.1 Å². The minimum atomic E-state index is -3.58. The summed E-state index contributed by atoms with van der Waals surface area (Å²) in [7, 11) is -3.58. The Morgan fingerprint density at radius 3 is 2.81 bits per heavy atom. The smallest absolute Gasteiger partial charge is 0.274 e. The molecule has 1 saturated heterocycles. The maximum absolute atomic E-state index is 12.2. The first-order valence-electron chi connectivity index (χ1n) is 6.83. The molecule has 1 aromatic carbocycles. The molecular weight excluding hydrogens is 312 g/mol. The van der Waals surface area contributed by atoms with E-state index < -0.39 is 10.0 Å². The zero-order valence-corrected chi connectivity index (χ0v) is 13.1. The molecule has 1 aromatic heterocycles. The maximum Gasteiger partial charge on any atom is 0.274 e. The molecule has 3 rings (SSSR count). The summed E-state index contributed by atoms with van der Waals surface area (Å²) in [6, 6.07) is 7.48. The molecule has 1 unspecified atom stereocenters. The number of benzene rings is 1. The molecule has 1 aliphatic rings. The second kappa shape index (κ2) is 6.74. The van der Waals surface area contributed by atoms with Crippen LogP contribution in [0.4, 0.5) is 0 Å². The van der Waals surface area contributed by atoms with E-state index >= 15 is 0 Å². The summed E-state index contributed by atoms with van der Waals surface area (Å²) in [6.45, 7) is 1.36. The van der Waals surface area contributed by atoms with Crippen molar-refractivity contribution in [1.29, 1.82) is 0 Å². The number of hydrogen-bond donors (Lipinski definition) is 3. The molecule has 2 aromatic rings. The van der Waals surface area contributed by atoms with Crippen LogP contribution in [0.2, 0.25) is 0 Å². The van der Waals surface area contributed by atoms with Crippen molar-refractivity contribution in [2.75, 3.05) is 13.1 Å². The minimum Gasteiger partial charge on any atom is -0.328 e. The van der Waals surface area contributed by atoms with Gasteiger partial charge in [-0.2, -0.15) is 0 Å². The van der Waals surface area contributed by atoms with Crippen LogP contribution in [0.15, 0.2) is 29.4 Å². The highest BCUT2D eigenvalue weighted by atomic mass is 35.5. The summed E-state index contributed by atoms with van der Waals surface area (Å²) < 4.78 is 27.0. The number of para-hydroxylation sites is 2. The van der Waals surface area contributed by atoms with Crippen molar-refractivity contribution < 1.29 is 8.42 Å². The molecule has 1 aliphatic heterocycles. The van der Waals surface area contributed by atoms with Gasteiger partial charge < -0.3 is 10.3 Å². The van der Waals surface area contributed by atoms with Crippen molar-refractivity contribution in [2.24, 2.45) is 0 Å². The zero-order valence-electron chi connectivity index (χ0n) is 11.5. The minimum absolute atomic E-state index is 0. The number of imidazole rings is 1. The van der Waals surface area contributed by atoms with Crippen molar-refractivity contribution in [2.45, 2.75) is 30.5 Å². The van der Waals surface area contributed by atoms with E-state index in [2.05, 4.69) is 20.0 Å². The number of nitrogens with zero attached hydrogens (tertiary/aromatic N) is 1. The normalized spacial score (nSPS) is 19.3. The van der Waals surface area contributed by atoms with Gasteiger partial charge in [-0.1, -0.05) is 18.6 Å². The molecule has 3 N–H and O–H groups in total. The molecule has 2 heterocycles. The first-order chi connectivity index (χ1) is 9.65. The number of fused-ring (bicyclic) bond motifs is 1. The molecule has 1 fully saturated rings. The third-order valence-electron chi connectivity index (χ3n) is 3.55. The summed E-state index contributed by atoms with van der Waals surface area (Å²) in [5.41, 5.74) is 1.38. The molecule has 0 spiro atoms. The number of halogens is 1. The number of nitrogens with one attached hydrogen (secondary N) is 3. The lowest BCUT2D eigenvalue weighted by Crippen LogP contribution is -2.43. The van der Waals surface area contributed by atoms with Crippen LogP contribution in [0.25, 0.3) is 11.0 Å². The van der Waals surface area contributed by atoms with Crippen LogP contribution in [0.3, 0.4) is 0 Å². The van der Waals surface area contributed by atoms with Crippen LogP contribution >= 0.6 is 12.4 Å². The lowest BCUT2D eigenvalue weighted by Gasteiger charge is -2.23. The summed E-state index contributed by atoms with van der Waals surface area (Å²) in [6.07, 6.45) is 3.31. The first-order valence-corrected chi connectivity index (χ1v) is 8.31. The number of piperidine rings is 1. The van der Waals surface area contributed by atoms with Crippen molar-refractivity contribution in [1.82, 2.24) is 20.0 Å². The Kier molecular flexibility index (Phi) is 5.21. The number of H-pyrrole nitrogens is 1. The lowest BCUT2D eigenvalue weighted by atomic mass is 10.1. The van der Waals surface area contributed by atoms with Gasteiger partial charge >= 0.3 is 0 Å². The number of aromatic amines is 1. The summed E-state index contributed by atoms with van der Waals surface area (Å²) >= 11 is 0. The highest BCUT2D eigenvalue weighted by molar-refractivity contribution is 7.89. The fourth-order valence-corrected chi connectivity index (χ4v) is 3.45. The Morgan fingerprint density at radius 1 is 1.29 bits per heavy atom. The fourth-order valence-electron chi connectivity index (χ4n) is 2.43. The number of aromatic nitrogens is 2. The summed E-state index contributed by atoms with van der Waals surface area (Å²) in [4.78, 5) is 6.96. The Balaban J connectivity index is 0.00000161. The predicted molar refractivity (Wildman–Crippen MR) is 84.2 cm³/mol. The van der Waals surface area contributed by atoms with Gasteiger partial charge in [0.1, 0.15) is 0 Å². The van der Waals surface area contributed by atoms with Crippen LogP contribution in [-0.2, 0) is 10.0 Å². The Hall–Kier alpha value is -1.15. The Morgan fingerprint density at radius 2 is 2.10 bits per heavy atom. The van der Waals surface area contributed by atoms with E-state index in [0.717, 1.165) is 31.3 Å². The van der Waals surface area contributed by atoms with Gasteiger partial charge in [0.25, 0.3) is 10.0 Å². The number of rotatable bonds is 4. The van der Waals surface area contributed by atoms with Crippen LogP contribution < -0.4 is 10.0 Å². The molecule has 6 nitrogen and oxygen atoms in total. The van der Waals surface area contributed by atoms with Gasteiger partial charge in [-0.05, 0) is 31.5 Å². The fraction of sp³-hybridized carbons (Fsp3) is 0.462. The highest BCUT2D eigenvalue weighted by Gasteiger charge is 2.21. The molecule has 116 valence electrons. The van der Waals surface area contributed by atoms with Gasteiger partial charge in [-0.25, -0.2) is 18.1 Å². The molecule has 0 radical (unpaired) electrons. The zero-order chi connectivity index (χ0) is 14.0. The topological polar surface area (TPSA) is 86.9 Å². The standard InChI is InChI=1S/C13H18N4O2S.ClH/c18-20(19,15-9-10-5-3-4-8-14-10)13-16-11-6-1-2-7-12(11)17-13;/h1-2,6-7,10,14-15H,3-5,8-9H2,(H,16,17);1H. The van der Waals surface area contributed by atoms with Gasteiger partial charge in [0.2, 0.25) is 5.16 Å². The molecule has 0 amide bonds. The van der Waals surface area contributed by atoms with Gasteiger partial charge in [-0.3, -0.25) is 0 Å². The van der Waals surface area contributed by atoms with Gasteiger partial charge in [0, 0.05) is 12.6 Å². The Labute approximate surface area is 130 Å². The summed E-state index contributed by atoms with van der Waals surface area (Å²) in [5, 5.41) is 3.29. The van der Waals surface area contributed by atoms with Crippen molar-refractivity contribution in [3.63, 3.8) is 0 Å². The molecule has 0 aliphatic carbocycles. The van der Waals surface area contributed by atoms with E-state index in [-0.39, 0.29) is 23.6 Å².